The molecule has 0 aliphatic rings. The Labute approximate surface area is 129 Å². The molecule has 0 aliphatic heterocycles. The second kappa shape index (κ2) is 7.97. The minimum Gasteiger partial charge on any atom is -0.481 e. The lowest BCUT2D eigenvalue weighted by Gasteiger charge is -2.19. The van der Waals surface area contributed by atoms with Crippen LogP contribution >= 0.6 is 0 Å². The number of benzene rings is 1. The van der Waals surface area contributed by atoms with E-state index in [-0.39, 0.29) is 12.5 Å². The third-order valence-electron chi connectivity index (χ3n) is 3.23. The molecule has 116 valence electrons. The van der Waals surface area contributed by atoms with Gasteiger partial charge in [0, 0.05) is 18.5 Å². The van der Waals surface area contributed by atoms with Gasteiger partial charge in [0.05, 0.1) is 7.11 Å². The van der Waals surface area contributed by atoms with E-state index in [1.54, 1.807) is 6.07 Å². The monoisotopic (exact) mass is 301 g/mol. The Hall–Kier alpha value is -2.63. The van der Waals surface area contributed by atoms with Crippen LogP contribution in [0.3, 0.4) is 0 Å². The molecule has 0 saturated heterocycles. The standard InChI is InChI=1S/C16H19N3O3/c1-22-15-10-14(17-11-18-15)19-13(7-8-16(20)21)9-12-5-3-2-4-6-12/h2-6,10-11,13H,7-9H2,1H3,(H,20,21)(H,17,18,19). The van der Waals surface area contributed by atoms with Crippen molar-refractivity contribution in [3.63, 3.8) is 0 Å². The van der Waals surface area contributed by atoms with Crippen molar-refractivity contribution in [2.24, 2.45) is 0 Å². The molecule has 6 heteroatoms. The molecule has 1 aromatic carbocycles. The van der Waals surface area contributed by atoms with Gasteiger partial charge >= 0.3 is 5.97 Å². The summed E-state index contributed by atoms with van der Waals surface area (Å²) in [6.45, 7) is 0. The van der Waals surface area contributed by atoms with Gasteiger partial charge in [0.25, 0.3) is 0 Å². The average Bonchev–Trinajstić information content (AvgIpc) is 2.54. The predicted octanol–water partition coefficient (Wildman–Crippen LogP) is 2.37. The Morgan fingerprint density at radius 1 is 1.32 bits per heavy atom. The lowest BCUT2D eigenvalue weighted by atomic mass is 10.0. The van der Waals surface area contributed by atoms with Gasteiger partial charge in [-0.2, -0.15) is 0 Å². The van der Waals surface area contributed by atoms with E-state index < -0.39 is 5.97 Å². The van der Waals surface area contributed by atoms with E-state index in [0.29, 0.717) is 18.1 Å². The molecule has 0 amide bonds. The van der Waals surface area contributed by atoms with Crippen molar-refractivity contribution in [3.05, 3.63) is 48.3 Å². The molecule has 1 heterocycles. The molecule has 0 spiro atoms. The number of carbonyl (C=O) groups is 1. The maximum atomic E-state index is 10.8. The molecule has 0 bridgehead atoms. The van der Waals surface area contributed by atoms with Gasteiger partial charge in [-0.25, -0.2) is 9.97 Å². The molecule has 0 saturated carbocycles. The van der Waals surface area contributed by atoms with Crippen molar-refractivity contribution in [1.82, 2.24) is 9.97 Å². The number of aliphatic carboxylic acids is 1. The van der Waals surface area contributed by atoms with Crippen LogP contribution in [0.4, 0.5) is 5.82 Å². The Balaban J connectivity index is 2.07. The van der Waals surface area contributed by atoms with Gasteiger partial charge in [0.15, 0.2) is 0 Å². The van der Waals surface area contributed by atoms with Crippen molar-refractivity contribution in [2.45, 2.75) is 25.3 Å². The van der Waals surface area contributed by atoms with Gasteiger partial charge in [0.1, 0.15) is 12.1 Å². The average molecular weight is 301 g/mol. The number of anilines is 1. The van der Waals surface area contributed by atoms with Crippen LogP contribution in [0.25, 0.3) is 0 Å². The molecular formula is C16H19N3O3. The summed E-state index contributed by atoms with van der Waals surface area (Å²) < 4.78 is 5.07. The molecule has 0 aliphatic carbocycles. The van der Waals surface area contributed by atoms with Crippen LogP contribution < -0.4 is 10.1 Å². The first kappa shape index (κ1) is 15.8. The number of carboxylic acids is 1. The summed E-state index contributed by atoms with van der Waals surface area (Å²) in [6, 6.07) is 11.6. The minimum atomic E-state index is -0.805. The van der Waals surface area contributed by atoms with E-state index in [0.717, 1.165) is 12.0 Å². The highest BCUT2D eigenvalue weighted by Gasteiger charge is 2.13. The van der Waals surface area contributed by atoms with Crippen LogP contribution in [0.2, 0.25) is 0 Å². The summed E-state index contributed by atoms with van der Waals surface area (Å²) >= 11 is 0. The fraction of sp³-hybridized carbons (Fsp3) is 0.312. The first-order valence-corrected chi connectivity index (χ1v) is 7.05. The van der Waals surface area contributed by atoms with Crippen LogP contribution in [0, 0.1) is 0 Å². The maximum absolute atomic E-state index is 10.8. The third kappa shape index (κ3) is 5.05. The predicted molar refractivity (Wildman–Crippen MR) is 83.0 cm³/mol. The van der Waals surface area contributed by atoms with E-state index in [2.05, 4.69) is 15.3 Å². The SMILES string of the molecule is COc1cc(NC(CCC(=O)O)Cc2ccccc2)ncn1. The van der Waals surface area contributed by atoms with Gasteiger partial charge in [-0.3, -0.25) is 4.79 Å². The first-order valence-electron chi connectivity index (χ1n) is 7.05. The fourth-order valence-corrected chi connectivity index (χ4v) is 2.16. The van der Waals surface area contributed by atoms with E-state index in [1.165, 1.54) is 13.4 Å². The molecule has 1 aromatic heterocycles. The van der Waals surface area contributed by atoms with Crippen molar-refractivity contribution >= 4 is 11.8 Å². The van der Waals surface area contributed by atoms with Crippen molar-refractivity contribution < 1.29 is 14.6 Å². The van der Waals surface area contributed by atoms with Crippen molar-refractivity contribution in [3.8, 4) is 5.88 Å². The molecule has 2 N–H and O–H groups in total. The number of hydrogen-bond donors (Lipinski definition) is 2. The first-order chi connectivity index (χ1) is 10.7. The number of hydrogen-bond acceptors (Lipinski definition) is 5. The smallest absolute Gasteiger partial charge is 0.303 e. The van der Waals surface area contributed by atoms with E-state index in [1.807, 2.05) is 30.3 Å². The van der Waals surface area contributed by atoms with Gasteiger partial charge in [-0.1, -0.05) is 30.3 Å². The van der Waals surface area contributed by atoms with E-state index in [4.69, 9.17) is 9.84 Å². The molecule has 22 heavy (non-hydrogen) atoms. The van der Waals surface area contributed by atoms with Crippen LogP contribution in [0.5, 0.6) is 5.88 Å². The highest BCUT2D eigenvalue weighted by atomic mass is 16.5. The van der Waals surface area contributed by atoms with Crippen LogP contribution in [-0.4, -0.2) is 34.2 Å². The summed E-state index contributed by atoms with van der Waals surface area (Å²) in [5.41, 5.74) is 1.14. The lowest BCUT2D eigenvalue weighted by molar-refractivity contribution is -0.137. The zero-order chi connectivity index (χ0) is 15.8. The van der Waals surface area contributed by atoms with E-state index >= 15 is 0 Å². The van der Waals surface area contributed by atoms with E-state index in [9.17, 15) is 4.79 Å². The second-order valence-electron chi connectivity index (χ2n) is 4.91. The topological polar surface area (TPSA) is 84.3 Å². The lowest BCUT2D eigenvalue weighted by Crippen LogP contribution is -2.24. The molecule has 0 radical (unpaired) electrons. The Morgan fingerprint density at radius 2 is 2.09 bits per heavy atom. The summed E-state index contributed by atoms with van der Waals surface area (Å²) in [7, 11) is 1.54. The Kier molecular flexibility index (Phi) is 5.71. The normalized spacial score (nSPS) is 11.7. The number of nitrogens with one attached hydrogen (secondary N) is 1. The number of methoxy groups -OCH3 is 1. The second-order valence-corrected chi connectivity index (χ2v) is 4.91. The summed E-state index contributed by atoms with van der Waals surface area (Å²) in [5.74, 6) is 0.285. The van der Waals surface area contributed by atoms with Gasteiger partial charge < -0.3 is 15.2 Å². The summed E-state index contributed by atoms with van der Waals surface area (Å²) in [5, 5.41) is 12.2. The van der Waals surface area contributed by atoms with Crippen molar-refractivity contribution in [2.75, 3.05) is 12.4 Å². The zero-order valence-corrected chi connectivity index (χ0v) is 12.4. The number of rotatable bonds is 8. The van der Waals surface area contributed by atoms with Crippen LogP contribution in [-0.2, 0) is 11.2 Å². The molecule has 6 nitrogen and oxygen atoms in total. The minimum absolute atomic E-state index is 0.0295. The Bertz CT molecular complexity index is 605. The maximum Gasteiger partial charge on any atom is 0.303 e. The number of carboxylic acid groups (broad SMARTS) is 1. The summed E-state index contributed by atoms with van der Waals surface area (Å²) in [6.07, 6.45) is 2.75. The molecular weight excluding hydrogens is 282 g/mol. The number of aromatic nitrogens is 2. The van der Waals surface area contributed by atoms with Gasteiger partial charge in [-0.05, 0) is 18.4 Å². The molecule has 1 unspecified atom stereocenters. The van der Waals surface area contributed by atoms with Crippen LogP contribution in [0.15, 0.2) is 42.7 Å². The zero-order valence-electron chi connectivity index (χ0n) is 12.4. The quantitative estimate of drug-likeness (QED) is 0.778. The highest BCUT2D eigenvalue weighted by molar-refractivity contribution is 5.66. The number of ether oxygens (including phenoxy) is 1. The molecule has 0 fully saturated rings. The van der Waals surface area contributed by atoms with Crippen LogP contribution in [0.1, 0.15) is 18.4 Å². The molecule has 2 aromatic rings. The molecule has 2 rings (SSSR count). The van der Waals surface area contributed by atoms with Crippen molar-refractivity contribution in [1.29, 1.82) is 0 Å². The fourth-order valence-electron chi connectivity index (χ4n) is 2.16. The van der Waals surface area contributed by atoms with Gasteiger partial charge in [0.2, 0.25) is 5.88 Å². The highest BCUT2D eigenvalue weighted by Crippen LogP contribution is 2.16. The molecule has 1 atom stereocenters. The Morgan fingerprint density at radius 3 is 2.77 bits per heavy atom. The third-order valence-corrected chi connectivity index (χ3v) is 3.23. The number of nitrogens with zero attached hydrogens (tertiary/aromatic N) is 2. The summed E-state index contributed by atoms with van der Waals surface area (Å²) in [4.78, 5) is 18.9. The van der Waals surface area contributed by atoms with Gasteiger partial charge in [-0.15, -0.1) is 0 Å². The largest absolute Gasteiger partial charge is 0.481 e.